The lowest BCUT2D eigenvalue weighted by Gasteiger charge is -2.20. The SMILES string of the molecule is COc1cc(N2CCC(C)C2)c([N+](=O)[O-])cc1Nc1ncc(C#N)c(-c2cn3c4c(cccc24)OCC3)n1.N. The Hall–Kier alpha value is -4.89. The lowest BCUT2D eigenvalue weighted by Crippen LogP contribution is -2.20. The number of hydrogen-bond acceptors (Lipinski definition) is 10. The number of nitrogens with zero attached hydrogens (tertiary/aromatic N) is 6. The fourth-order valence-corrected chi connectivity index (χ4v) is 5.29. The summed E-state index contributed by atoms with van der Waals surface area (Å²) in [5, 5.41) is 25.8. The third-order valence-corrected chi connectivity index (χ3v) is 7.12. The van der Waals surface area contributed by atoms with Crippen molar-refractivity contribution in [1.82, 2.24) is 20.7 Å². The van der Waals surface area contributed by atoms with Gasteiger partial charge in [0.05, 0.1) is 47.2 Å². The molecular formula is C27H28N8O4. The maximum atomic E-state index is 12.0. The van der Waals surface area contributed by atoms with Crippen molar-refractivity contribution in [3.8, 4) is 28.8 Å². The lowest BCUT2D eigenvalue weighted by atomic mass is 10.1. The number of nitro groups is 1. The van der Waals surface area contributed by atoms with Gasteiger partial charge in [-0.05, 0) is 18.4 Å². The summed E-state index contributed by atoms with van der Waals surface area (Å²) in [6.45, 7) is 4.88. The van der Waals surface area contributed by atoms with Crippen LogP contribution in [0, 0.1) is 27.4 Å². The van der Waals surface area contributed by atoms with E-state index < -0.39 is 0 Å². The van der Waals surface area contributed by atoms with Crippen LogP contribution in [-0.4, -0.2) is 46.3 Å². The number of para-hydroxylation sites is 1. The highest BCUT2D eigenvalue weighted by Gasteiger charge is 2.28. The number of nitrogens with one attached hydrogen (secondary N) is 1. The van der Waals surface area contributed by atoms with Crippen molar-refractivity contribution in [1.29, 1.82) is 5.26 Å². The summed E-state index contributed by atoms with van der Waals surface area (Å²) in [6, 6.07) is 11.1. The highest BCUT2D eigenvalue weighted by atomic mass is 16.6. The second kappa shape index (κ2) is 10.1. The Labute approximate surface area is 224 Å². The maximum Gasteiger partial charge on any atom is 0.294 e. The standard InChI is InChI=1S/C27H25N7O4.H3N/c1-16-6-7-32(14-16)21-11-24(37-2)20(10-22(21)34(35)36)30-27-29-13-17(12-28)25(31-27)19-15-33-8-9-38-23-5-3-4-18(19)26(23)33;/h3-5,10-11,13,15-16H,6-9,14H2,1-2H3,(H,29,30,31);1H3. The Kier molecular flexibility index (Phi) is 6.67. The van der Waals surface area contributed by atoms with Crippen LogP contribution in [0.3, 0.4) is 0 Å². The molecule has 0 radical (unpaired) electrons. The zero-order chi connectivity index (χ0) is 26.4. The molecule has 2 aromatic carbocycles. The molecule has 12 heteroatoms. The van der Waals surface area contributed by atoms with Crippen LogP contribution < -0.4 is 25.8 Å². The molecule has 0 bridgehead atoms. The fourth-order valence-electron chi connectivity index (χ4n) is 5.29. The van der Waals surface area contributed by atoms with E-state index in [0.717, 1.165) is 41.7 Å². The molecule has 2 aliphatic heterocycles. The molecule has 2 aliphatic rings. The van der Waals surface area contributed by atoms with Crippen molar-refractivity contribution >= 4 is 33.9 Å². The first-order chi connectivity index (χ1) is 18.5. The number of rotatable bonds is 6. The minimum Gasteiger partial charge on any atom is -0.494 e. The number of aromatic nitrogens is 3. The third-order valence-electron chi connectivity index (χ3n) is 7.12. The van der Waals surface area contributed by atoms with Crippen LogP contribution in [-0.2, 0) is 6.54 Å². The van der Waals surface area contributed by atoms with Gasteiger partial charge in [-0.2, -0.15) is 5.26 Å². The minimum atomic E-state index is -0.385. The molecule has 4 N–H and O–H groups in total. The molecule has 6 rings (SSSR count). The van der Waals surface area contributed by atoms with Crippen molar-refractivity contribution in [2.45, 2.75) is 19.9 Å². The third kappa shape index (κ3) is 4.42. The lowest BCUT2D eigenvalue weighted by molar-refractivity contribution is -0.384. The molecule has 2 aromatic heterocycles. The smallest absolute Gasteiger partial charge is 0.294 e. The molecular weight excluding hydrogens is 500 g/mol. The Morgan fingerprint density at radius 1 is 1.31 bits per heavy atom. The summed E-state index contributed by atoms with van der Waals surface area (Å²) in [5.74, 6) is 1.87. The summed E-state index contributed by atoms with van der Waals surface area (Å²) in [5.41, 5.74) is 3.38. The zero-order valence-electron chi connectivity index (χ0n) is 21.7. The summed E-state index contributed by atoms with van der Waals surface area (Å²) in [4.78, 5) is 22.6. The Bertz CT molecular complexity index is 1630. The summed E-state index contributed by atoms with van der Waals surface area (Å²) in [7, 11) is 1.52. The number of hydrogen-bond donors (Lipinski definition) is 2. The molecule has 0 amide bonds. The molecule has 39 heavy (non-hydrogen) atoms. The maximum absolute atomic E-state index is 12.0. The van der Waals surface area contributed by atoms with E-state index in [0.29, 0.717) is 47.5 Å². The van der Waals surface area contributed by atoms with Crippen LogP contribution in [0.4, 0.5) is 23.0 Å². The monoisotopic (exact) mass is 528 g/mol. The fraction of sp³-hybridized carbons (Fsp3) is 0.296. The topological polar surface area (TPSA) is 166 Å². The van der Waals surface area contributed by atoms with Crippen molar-refractivity contribution in [3.63, 3.8) is 0 Å². The Morgan fingerprint density at radius 3 is 2.87 bits per heavy atom. The molecule has 1 atom stereocenters. The van der Waals surface area contributed by atoms with E-state index in [-0.39, 0.29) is 22.7 Å². The molecule has 4 aromatic rings. The molecule has 1 unspecified atom stereocenters. The van der Waals surface area contributed by atoms with Gasteiger partial charge in [0.2, 0.25) is 5.95 Å². The first-order valence-corrected chi connectivity index (χ1v) is 12.4. The molecule has 12 nitrogen and oxygen atoms in total. The number of nitriles is 1. The molecule has 200 valence electrons. The summed E-state index contributed by atoms with van der Waals surface area (Å²) >= 11 is 0. The Balaban J connectivity index is 0.00000308. The highest BCUT2D eigenvalue weighted by Crippen LogP contribution is 2.42. The number of ether oxygens (including phenoxy) is 2. The van der Waals surface area contributed by atoms with Crippen LogP contribution >= 0.6 is 0 Å². The van der Waals surface area contributed by atoms with E-state index in [1.54, 1.807) is 6.07 Å². The first-order valence-electron chi connectivity index (χ1n) is 12.4. The largest absolute Gasteiger partial charge is 0.494 e. The molecule has 0 aliphatic carbocycles. The van der Waals surface area contributed by atoms with E-state index in [2.05, 4.69) is 32.8 Å². The van der Waals surface area contributed by atoms with Gasteiger partial charge in [0.15, 0.2) is 0 Å². The molecule has 1 fully saturated rings. The molecule has 1 saturated heterocycles. The second-order valence-corrected chi connectivity index (χ2v) is 9.57. The van der Waals surface area contributed by atoms with Gasteiger partial charge in [0.25, 0.3) is 5.69 Å². The van der Waals surface area contributed by atoms with Crippen molar-refractivity contribution in [2.75, 3.05) is 37.0 Å². The van der Waals surface area contributed by atoms with Gasteiger partial charge >= 0.3 is 0 Å². The van der Waals surface area contributed by atoms with Gasteiger partial charge in [-0.1, -0.05) is 19.1 Å². The van der Waals surface area contributed by atoms with Gasteiger partial charge in [0, 0.05) is 42.4 Å². The quantitative estimate of drug-likeness (QED) is 0.256. The van der Waals surface area contributed by atoms with Gasteiger partial charge in [-0.3, -0.25) is 10.1 Å². The molecule has 0 saturated carbocycles. The Morgan fingerprint density at radius 2 is 2.15 bits per heavy atom. The van der Waals surface area contributed by atoms with E-state index in [9.17, 15) is 15.4 Å². The van der Waals surface area contributed by atoms with Gasteiger partial charge in [-0.15, -0.1) is 0 Å². The van der Waals surface area contributed by atoms with Gasteiger partial charge in [0.1, 0.15) is 29.9 Å². The predicted octanol–water partition coefficient (Wildman–Crippen LogP) is 5.03. The zero-order valence-corrected chi connectivity index (χ0v) is 21.7. The first kappa shape index (κ1) is 25.7. The average Bonchev–Trinajstić information content (AvgIpc) is 3.53. The summed E-state index contributed by atoms with van der Waals surface area (Å²) < 4.78 is 13.5. The van der Waals surface area contributed by atoms with E-state index in [1.165, 1.54) is 19.4 Å². The normalized spacial score (nSPS) is 15.8. The number of benzene rings is 2. The molecule has 0 spiro atoms. The van der Waals surface area contributed by atoms with Crippen molar-refractivity contribution < 1.29 is 14.4 Å². The van der Waals surface area contributed by atoms with Gasteiger partial charge < -0.3 is 30.4 Å². The average molecular weight is 529 g/mol. The number of anilines is 3. The van der Waals surface area contributed by atoms with Crippen LogP contribution in [0.2, 0.25) is 0 Å². The van der Waals surface area contributed by atoms with Crippen molar-refractivity contribution in [3.05, 3.63) is 58.4 Å². The van der Waals surface area contributed by atoms with E-state index >= 15 is 0 Å². The van der Waals surface area contributed by atoms with Crippen LogP contribution in [0.5, 0.6) is 11.5 Å². The molecule has 4 heterocycles. The minimum absolute atomic E-state index is 0. The predicted molar refractivity (Wildman–Crippen MR) is 147 cm³/mol. The highest BCUT2D eigenvalue weighted by molar-refractivity contribution is 5.99. The van der Waals surface area contributed by atoms with E-state index in [4.69, 9.17) is 9.47 Å². The van der Waals surface area contributed by atoms with E-state index in [1.807, 2.05) is 29.3 Å². The van der Waals surface area contributed by atoms with Gasteiger partial charge in [-0.25, -0.2) is 9.97 Å². The van der Waals surface area contributed by atoms with Crippen LogP contribution in [0.15, 0.2) is 42.7 Å². The summed E-state index contributed by atoms with van der Waals surface area (Å²) in [6.07, 6.45) is 4.40. The van der Waals surface area contributed by atoms with Crippen molar-refractivity contribution in [2.24, 2.45) is 5.92 Å². The second-order valence-electron chi connectivity index (χ2n) is 9.57. The number of nitro benzene ring substituents is 1. The van der Waals surface area contributed by atoms with Crippen LogP contribution in [0.1, 0.15) is 18.9 Å². The number of methoxy groups -OCH3 is 1. The van der Waals surface area contributed by atoms with Crippen LogP contribution in [0.25, 0.3) is 22.2 Å².